The van der Waals surface area contributed by atoms with E-state index in [1.807, 2.05) is 22.8 Å². The Labute approximate surface area is 160 Å². The lowest BCUT2D eigenvalue weighted by Crippen LogP contribution is -2.19. The number of benzene rings is 1. The Morgan fingerprint density at radius 2 is 2.08 bits per heavy atom. The topological polar surface area (TPSA) is 60.7 Å². The minimum atomic E-state index is -3.80. The average molecular weight is 468 g/mol. The maximum absolute atomic E-state index is 12.5. The Bertz CT molecular complexity index is 1050. The molecule has 2 aromatic heterocycles. The molecule has 0 aliphatic carbocycles. The summed E-state index contributed by atoms with van der Waals surface area (Å²) in [6.07, 6.45) is 0. The summed E-state index contributed by atoms with van der Waals surface area (Å²) in [5, 5.41) is 0. The molecule has 0 bridgehead atoms. The van der Waals surface area contributed by atoms with Crippen LogP contribution in [0.2, 0.25) is 4.34 Å². The van der Waals surface area contributed by atoms with Gasteiger partial charge >= 0.3 is 0 Å². The molecule has 24 heavy (non-hydrogen) atoms. The number of nitrogens with zero attached hydrogens (tertiary/aromatic N) is 2. The highest BCUT2D eigenvalue weighted by Crippen LogP contribution is 2.27. The van der Waals surface area contributed by atoms with Crippen molar-refractivity contribution in [2.24, 2.45) is 4.40 Å². The fourth-order valence-corrected chi connectivity index (χ4v) is 6.37. The predicted octanol–water partition coefficient (Wildman–Crippen LogP) is 4.12. The van der Waals surface area contributed by atoms with Crippen molar-refractivity contribution in [1.29, 1.82) is 0 Å². The number of fused-ring (bicyclic) bond motifs is 1. The molecular weight excluding hydrogens is 456 g/mol. The molecule has 0 spiro atoms. The van der Waals surface area contributed by atoms with Crippen LogP contribution in [0.15, 0.2) is 43.4 Å². The standard InChI is InChI=1S/C14H12BrClN2O3S3/c1-21-7-6-18-10-3-2-9(15)8-11(10)22-14(18)17-24(19,20)13-5-4-12(16)23-13/h2-5,8H,6-7H2,1H3/b17-14-. The highest BCUT2D eigenvalue weighted by atomic mass is 79.9. The van der Waals surface area contributed by atoms with E-state index in [-0.39, 0.29) is 4.21 Å². The third-order valence-corrected chi connectivity index (χ3v) is 7.78. The van der Waals surface area contributed by atoms with Gasteiger partial charge in [-0.05, 0) is 30.3 Å². The molecule has 0 atom stereocenters. The molecule has 5 nitrogen and oxygen atoms in total. The average Bonchev–Trinajstić information content (AvgIpc) is 3.08. The smallest absolute Gasteiger partial charge is 0.294 e. The summed E-state index contributed by atoms with van der Waals surface area (Å²) in [4.78, 5) is 0.407. The molecule has 3 rings (SSSR count). The van der Waals surface area contributed by atoms with Crippen molar-refractivity contribution in [3.63, 3.8) is 0 Å². The van der Waals surface area contributed by atoms with Crippen LogP contribution in [0.1, 0.15) is 0 Å². The minimum Gasteiger partial charge on any atom is -0.383 e. The molecule has 0 radical (unpaired) electrons. The Kier molecular flexibility index (Phi) is 5.48. The van der Waals surface area contributed by atoms with Crippen LogP contribution >= 0.6 is 50.2 Å². The number of hydrogen-bond donors (Lipinski definition) is 0. The third kappa shape index (κ3) is 3.76. The van der Waals surface area contributed by atoms with E-state index in [0.29, 0.717) is 22.3 Å². The molecular formula is C14H12BrClN2O3S3. The first kappa shape index (κ1) is 18.1. The number of aromatic nitrogens is 1. The maximum Gasteiger partial charge on any atom is 0.294 e. The van der Waals surface area contributed by atoms with Gasteiger partial charge in [0.05, 0.1) is 21.2 Å². The lowest BCUT2D eigenvalue weighted by Gasteiger charge is -2.04. The Morgan fingerprint density at radius 1 is 1.29 bits per heavy atom. The third-order valence-electron chi connectivity index (χ3n) is 3.16. The second kappa shape index (κ2) is 7.27. The number of rotatable bonds is 5. The Hall–Kier alpha value is -0.710. The summed E-state index contributed by atoms with van der Waals surface area (Å²) in [5.74, 6) is 0. The van der Waals surface area contributed by atoms with Crippen molar-refractivity contribution in [3.8, 4) is 0 Å². The molecule has 0 aliphatic heterocycles. The van der Waals surface area contributed by atoms with Crippen LogP contribution in [0, 0.1) is 0 Å². The van der Waals surface area contributed by atoms with E-state index >= 15 is 0 Å². The minimum absolute atomic E-state index is 0.129. The highest BCUT2D eigenvalue weighted by molar-refractivity contribution is 9.10. The van der Waals surface area contributed by atoms with Crippen molar-refractivity contribution in [2.45, 2.75) is 10.8 Å². The zero-order valence-electron chi connectivity index (χ0n) is 12.4. The fraction of sp³-hybridized carbons (Fsp3) is 0.214. The van der Waals surface area contributed by atoms with Gasteiger partial charge in [-0.25, -0.2) is 0 Å². The summed E-state index contributed by atoms with van der Waals surface area (Å²) in [6.45, 7) is 0.970. The van der Waals surface area contributed by atoms with Crippen molar-refractivity contribution in [2.75, 3.05) is 13.7 Å². The first-order valence-corrected chi connectivity index (χ1v) is 11.0. The molecule has 10 heteroatoms. The summed E-state index contributed by atoms with van der Waals surface area (Å²) < 4.78 is 38.5. The van der Waals surface area contributed by atoms with Crippen molar-refractivity contribution < 1.29 is 13.2 Å². The van der Waals surface area contributed by atoms with E-state index in [9.17, 15) is 8.42 Å². The Balaban J connectivity index is 2.20. The van der Waals surface area contributed by atoms with Crippen LogP contribution in [0.5, 0.6) is 0 Å². The van der Waals surface area contributed by atoms with Gasteiger partial charge in [0.1, 0.15) is 4.21 Å². The summed E-state index contributed by atoms with van der Waals surface area (Å²) in [6, 6.07) is 8.80. The van der Waals surface area contributed by atoms with Gasteiger partial charge < -0.3 is 9.30 Å². The van der Waals surface area contributed by atoms with Crippen LogP contribution < -0.4 is 4.80 Å². The van der Waals surface area contributed by atoms with E-state index in [2.05, 4.69) is 20.3 Å². The number of sulfonamides is 1. The van der Waals surface area contributed by atoms with Gasteiger partial charge in [-0.15, -0.1) is 15.7 Å². The van der Waals surface area contributed by atoms with Crippen molar-refractivity contribution in [3.05, 3.63) is 43.9 Å². The normalized spacial score (nSPS) is 13.0. The largest absolute Gasteiger partial charge is 0.383 e. The number of thiazole rings is 1. The second-order valence-corrected chi connectivity index (χ2v) is 10.2. The van der Waals surface area contributed by atoms with Crippen LogP contribution in [-0.2, 0) is 21.3 Å². The molecule has 0 amide bonds. The van der Waals surface area contributed by atoms with Gasteiger partial charge in [0.15, 0.2) is 0 Å². The Morgan fingerprint density at radius 3 is 2.75 bits per heavy atom. The molecule has 0 unspecified atom stereocenters. The SMILES string of the molecule is COCCn1/c(=N/S(=O)(=O)c2ccc(Cl)s2)sc2cc(Br)ccc21. The number of thiophene rings is 1. The molecule has 0 saturated heterocycles. The van der Waals surface area contributed by atoms with E-state index in [1.165, 1.54) is 17.4 Å². The van der Waals surface area contributed by atoms with Gasteiger partial charge in [0.2, 0.25) is 4.80 Å². The van der Waals surface area contributed by atoms with Gasteiger partial charge in [0.25, 0.3) is 10.0 Å². The molecule has 3 aromatic rings. The molecule has 0 fully saturated rings. The number of ether oxygens (including phenoxy) is 1. The van der Waals surface area contributed by atoms with Crippen LogP contribution in [0.4, 0.5) is 0 Å². The van der Waals surface area contributed by atoms with E-state index in [4.69, 9.17) is 16.3 Å². The van der Waals surface area contributed by atoms with Crippen molar-refractivity contribution in [1.82, 2.24) is 4.57 Å². The zero-order chi connectivity index (χ0) is 17.3. The molecule has 0 N–H and O–H groups in total. The first-order chi connectivity index (χ1) is 11.4. The van der Waals surface area contributed by atoms with E-state index in [0.717, 1.165) is 26.0 Å². The number of halogens is 2. The van der Waals surface area contributed by atoms with Crippen molar-refractivity contribution >= 4 is 70.4 Å². The van der Waals surface area contributed by atoms with E-state index < -0.39 is 10.0 Å². The summed E-state index contributed by atoms with van der Waals surface area (Å²) in [5.41, 5.74) is 0.915. The zero-order valence-corrected chi connectivity index (χ0v) is 17.2. The quantitative estimate of drug-likeness (QED) is 0.567. The highest BCUT2D eigenvalue weighted by Gasteiger charge is 2.17. The van der Waals surface area contributed by atoms with E-state index in [1.54, 1.807) is 13.2 Å². The van der Waals surface area contributed by atoms with Crippen LogP contribution in [-0.4, -0.2) is 26.7 Å². The first-order valence-electron chi connectivity index (χ1n) is 6.75. The number of hydrogen-bond acceptors (Lipinski definition) is 5. The molecule has 128 valence electrons. The fourth-order valence-electron chi connectivity index (χ4n) is 2.10. The van der Waals surface area contributed by atoms with Gasteiger partial charge in [-0.3, -0.25) is 0 Å². The van der Waals surface area contributed by atoms with Crippen LogP contribution in [0.3, 0.4) is 0 Å². The molecule has 1 aromatic carbocycles. The molecule has 0 aliphatic rings. The summed E-state index contributed by atoms with van der Waals surface area (Å²) in [7, 11) is -2.20. The van der Waals surface area contributed by atoms with Gasteiger partial charge in [-0.2, -0.15) is 8.42 Å². The lowest BCUT2D eigenvalue weighted by molar-refractivity contribution is 0.187. The second-order valence-electron chi connectivity index (χ2n) is 4.77. The number of methoxy groups -OCH3 is 1. The maximum atomic E-state index is 12.5. The van der Waals surface area contributed by atoms with Gasteiger partial charge in [-0.1, -0.05) is 38.9 Å². The monoisotopic (exact) mass is 466 g/mol. The predicted molar refractivity (Wildman–Crippen MR) is 101 cm³/mol. The molecule has 0 saturated carbocycles. The van der Waals surface area contributed by atoms with Crippen LogP contribution in [0.25, 0.3) is 10.2 Å². The summed E-state index contributed by atoms with van der Waals surface area (Å²) >= 11 is 11.6. The lowest BCUT2D eigenvalue weighted by atomic mass is 10.3. The molecule has 2 heterocycles. The van der Waals surface area contributed by atoms with Gasteiger partial charge in [0, 0.05) is 18.1 Å².